The van der Waals surface area contributed by atoms with Gasteiger partial charge in [-0.2, -0.15) is 0 Å². The predicted molar refractivity (Wildman–Crippen MR) is 95.6 cm³/mol. The highest BCUT2D eigenvalue weighted by molar-refractivity contribution is 6.06. The van der Waals surface area contributed by atoms with Crippen LogP contribution in [0.3, 0.4) is 0 Å². The summed E-state index contributed by atoms with van der Waals surface area (Å²) in [4.78, 5) is 37.1. The number of amides is 3. The van der Waals surface area contributed by atoms with Gasteiger partial charge in [0.15, 0.2) is 0 Å². The van der Waals surface area contributed by atoms with Gasteiger partial charge in [-0.05, 0) is 49.7 Å². The van der Waals surface area contributed by atoms with E-state index in [2.05, 4.69) is 5.32 Å². The Labute approximate surface area is 149 Å². The maximum absolute atomic E-state index is 13.9. The summed E-state index contributed by atoms with van der Waals surface area (Å²) in [5.41, 5.74) is 6.64. The van der Waals surface area contributed by atoms with E-state index in [1.54, 1.807) is 29.2 Å². The van der Waals surface area contributed by atoms with E-state index >= 15 is 0 Å². The van der Waals surface area contributed by atoms with Gasteiger partial charge in [0.25, 0.3) is 5.91 Å². The molecule has 1 saturated heterocycles. The Kier molecular flexibility index (Phi) is 4.71. The van der Waals surface area contributed by atoms with Crippen LogP contribution in [0.2, 0.25) is 0 Å². The van der Waals surface area contributed by atoms with Crippen molar-refractivity contribution in [1.82, 2.24) is 0 Å². The monoisotopic (exact) mass is 355 g/mol. The number of nitrogens with zero attached hydrogens (tertiary/aromatic N) is 1. The smallest absolute Gasteiger partial charge is 0.255 e. The van der Waals surface area contributed by atoms with Crippen LogP contribution in [-0.2, 0) is 4.79 Å². The Bertz CT molecular complexity index is 894. The fourth-order valence-electron chi connectivity index (χ4n) is 2.86. The molecule has 2 aromatic carbocycles. The SMILES string of the molecule is Cc1c(F)cc(C(N)=O)cc1NC(=O)c1ccc(N2CCCC2=O)cc1. The topological polar surface area (TPSA) is 92.5 Å². The standard InChI is InChI=1S/C19H18FN3O3/c1-11-15(20)9-13(18(21)25)10-16(11)22-19(26)12-4-6-14(7-5-12)23-8-2-3-17(23)24/h4-7,9-10H,2-3,8H2,1H3,(H2,21,25)(H,22,26). The first-order chi connectivity index (χ1) is 12.4. The van der Waals surface area contributed by atoms with Crippen molar-refractivity contribution in [1.29, 1.82) is 0 Å². The molecule has 1 aliphatic rings. The Morgan fingerprint density at radius 2 is 1.85 bits per heavy atom. The number of carbonyl (C=O) groups excluding carboxylic acids is 3. The Morgan fingerprint density at radius 3 is 2.42 bits per heavy atom. The molecule has 0 atom stereocenters. The van der Waals surface area contributed by atoms with Crippen molar-refractivity contribution in [3.63, 3.8) is 0 Å². The van der Waals surface area contributed by atoms with Crippen LogP contribution in [0.1, 0.15) is 39.1 Å². The van der Waals surface area contributed by atoms with Crippen molar-refractivity contribution >= 4 is 29.1 Å². The quantitative estimate of drug-likeness (QED) is 0.883. The number of hydrogen-bond donors (Lipinski definition) is 2. The molecule has 0 aromatic heterocycles. The third kappa shape index (κ3) is 3.42. The Hall–Kier alpha value is -3.22. The number of nitrogens with one attached hydrogen (secondary N) is 1. The van der Waals surface area contributed by atoms with Crippen molar-refractivity contribution in [3.05, 3.63) is 58.9 Å². The summed E-state index contributed by atoms with van der Waals surface area (Å²) in [6, 6.07) is 8.97. The van der Waals surface area contributed by atoms with Gasteiger partial charge in [0.1, 0.15) is 5.82 Å². The van der Waals surface area contributed by atoms with Crippen LogP contribution in [0.25, 0.3) is 0 Å². The third-order valence-corrected chi connectivity index (χ3v) is 4.39. The van der Waals surface area contributed by atoms with Gasteiger partial charge in [-0.3, -0.25) is 14.4 Å². The van der Waals surface area contributed by atoms with Crippen molar-refractivity contribution in [2.24, 2.45) is 5.73 Å². The van der Waals surface area contributed by atoms with Gasteiger partial charge >= 0.3 is 0 Å². The first kappa shape index (κ1) is 17.6. The van der Waals surface area contributed by atoms with Crippen molar-refractivity contribution in [2.75, 3.05) is 16.8 Å². The molecule has 1 aliphatic heterocycles. The zero-order valence-electron chi connectivity index (χ0n) is 14.2. The van der Waals surface area contributed by atoms with Gasteiger partial charge in [-0.25, -0.2) is 4.39 Å². The number of anilines is 2. The molecule has 134 valence electrons. The molecule has 7 heteroatoms. The molecule has 3 amide bonds. The highest BCUT2D eigenvalue weighted by Gasteiger charge is 2.22. The minimum Gasteiger partial charge on any atom is -0.366 e. The van der Waals surface area contributed by atoms with E-state index in [-0.39, 0.29) is 22.7 Å². The first-order valence-electron chi connectivity index (χ1n) is 8.18. The second kappa shape index (κ2) is 6.95. The van der Waals surface area contributed by atoms with Gasteiger partial charge in [0.2, 0.25) is 11.8 Å². The molecule has 3 N–H and O–H groups in total. The van der Waals surface area contributed by atoms with Gasteiger partial charge in [-0.15, -0.1) is 0 Å². The van der Waals surface area contributed by atoms with E-state index in [0.717, 1.165) is 18.2 Å². The van der Waals surface area contributed by atoms with E-state index in [9.17, 15) is 18.8 Å². The number of rotatable bonds is 4. The molecule has 2 aromatic rings. The molecule has 0 bridgehead atoms. The minimum atomic E-state index is -0.779. The van der Waals surface area contributed by atoms with E-state index in [0.29, 0.717) is 18.5 Å². The number of hydrogen-bond acceptors (Lipinski definition) is 3. The number of benzene rings is 2. The second-order valence-electron chi connectivity index (χ2n) is 6.14. The lowest BCUT2D eigenvalue weighted by Gasteiger charge is -2.16. The van der Waals surface area contributed by atoms with Crippen molar-refractivity contribution < 1.29 is 18.8 Å². The molecule has 0 saturated carbocycles. The highest BCUT2D eigenvalue weighted by Crippen LogP contribution is 2.24. The van der Waals surface area contributed by atoms with Gasteiger partial charge in [0, 0.05) is 41.0 Å². The fraction of sp³-hybridized carbons (Fsp3) is 0.211. The lowest BCUT2D eigenvalue weighted by atomic mass is 10.1. The number of halogens is 1. The van der Waals surface area contributed by atoms with Crippen LogP contribution in [0.5, 0.6) is 0 Å². The molecule has 3 rings (SSSR count). The van der Waals surface area contributed by atoms with Gasteiger partial charge in [0.05, 0.1) is 0 Å². The summed E-state index contributed by atoms with van der Waals surface area (Å²) in [6.07, 6.45) is 1.35. The first-order valence-corrected chi connectivity index (χ1v) is 8.18. The van der Waals surface area contributed by atoms with Crippen molar-refractivity contribution in [3.8, 4) is 0 Å². The summed E-state index contributed by atoms with van der Waals surface area (Å²) in [6.45, 7) is 2.17. The maximum atomic E-state index is 13.9. The average molecular weight is 355 g/mol. The molecule has 0 aliphatic carbocycles. The number of carbonyl (C=O) groups is 3. The van der Waals surface area contributed by atoms with E-state index < -0.39 is 17.6 Å². The molecule has 0 unspecified atom stereocenters. The summed E-state index contributed by atoms with van der Waals surface area (Å²) in [5, 5.41) is 2.59. The molecule has 6 nitrogen and oxygen atoms in total. The largest absolute Gasteiger partial charge is 0.366 e. The summed E-state index contributed by atoms with van der Waals surface area (Å²) < 4.78 is 13.9. The van der Waals surface area contributed by atoms with Crippen LogP contribution >= 0.6 is 0 Å². The molecule has 0 radical (unpaired) electrons. The van der Waals surface area contributed by atoms with Crippen LogP contribution in [0.4, 0.5) is 15.8 Å². The molecule has 1 fully saturated rings. The zero-order chi connectivity index (χ0) is 18.8. The lowest BCUT2D eigenvalue weighted by Crippen LogP contribution is -2.23. The summed E-state index contributed by atoms with van der Waals surface area (Å²) in [7, 11) is 0. The Morgan fingerprint density at radius 1 is 1.15 bits per heavy atom. The zero-order valence-corrected chi connectivity index (χ0v) is 14.2. The van der Waals surface area contributed by atoms with E-state index in [1.165, 1.54) is 13.0 Å². The molecular weight excluding hydrogens is 337 g/mol. The third-order valence-electron chi connectivity index (χ3n) is 4.39. The lowest BCUT2D eigenvalue weighted by molar-refractivity contribution is -0.117. The van der Waals surface area contributed by atoms with Gasteiger partial charge in [-0.1, -0.05) is 0 Å². The second-order valence-corrected chi connectivity index (χ2v) is 6.14. The van der Waals surface area contributed by atoms with Crippen LogP contribution in [0.15, 0.2) is 36.4 Å². The minimum absolute atomic E-state index is 0.0220. The summed E-state index contributed by atoms with van der Waals surface area (Å²) >= 11 is 0. The maximum Gasteiger partial charge on any atom is 0.255 e. The highest BCUT2D eigenvalue weighted by atomic mass is 19.1. The van der Waals surface area contributed by atoms with Gasteiger partial charge < -0.3 is 16.0 Å². The molecule has 26 heavy (non-hydrogen) atoms. The van der Waals surface area contributed by atoms with Crippen molar-refractivity contribution in [2.45, 2.75) is 19.8 Å². The normalized spacial score (nSPS) is 13.8. The van der Waals surface area contributed by atoms with Crippen LogP contribution in [-0.4, -0.2) is 24.3 Å². The van der Waals surface area contributed by atoms with E-state index in [1.807, 2.05) is 0 Å². The predicted octanol–water partition coefficient (Wildman–Crippen LogP) is 2.61. The fourth-order valence-corrected chi connectivity index (χ4v) is 2.86. The molecular formula is C19H18FN3O3. The summed E-state index contributed by atoms with van der Waals surface area (Å²) in [5.74, 6) is -1.79. The molecule has 0 spiro atoms. The molecule has 1 heterocycles. The van der Waals surface area contributed by atoms with E-state index in [4.69, 9.17) is 5.73 Å². The van der Waals surface area contributed by atoms with Crippen LogP contribution < -0.4 is 16.0 Å². The average Bonchev–Trinajstić information content (AvgIpc) is 3.04. The van der Waals surface area contributed by atoms with Crippen LogP contribution in [0, 0.1) is 12.7 Å². The number of primary amides is 1. The number of nitrogens with two attached hydrogens (primary N) is 1. The Balaban J connectivity index is 1.80.